The number of hydrogen-bond donors (Lipinski definition) is 0. The van der Waals surface area contributed by atoms with E-state index in [2.05, 4.69) is 12.7 Å². The van der Waals surface area contributed by atoms with E-state index in [1.807, 2.05) is 6.07 Å². The highest BCUT2D eigenvalue weighted by molar-refractivity contribution is 5.30. The van der Waals surface area contributed by atoms with Crippen LogP contribution in [0.1, 0.15) is 43.2 Å². The average Bonchev–Trinajstić information content (AvgIpc) is 2.47. The van der Waals surface area contributed by atoms with Crippen LogP contribution in [0.2, 0.25) is 0 Å². The molecule has 0 nitrogen and oxygen atoms in total. The number of hydrogen-bond acceptors (Lipinski definition) is 0. The Bertz CT molecular complexity index is 455. The van der Waals surface area contributed by atoms with Crippen LogP contribution in [0.25, 0.3) is 0 Å². The third-order valence-corrected chi connectivity index (χ3v) is 5.25. The van der Waals surface area contributed by atoms with E-state index in [4.69, 9.17) is 0 Å². The average molecular weight is 258 g/mol. The van der Waals surface area contributed by atoms with Crippen LogP contribution < -0.4 is 0 Å². The summed E-state index contributed by atoms with van der Waals surface area (Å²) in [4.78, 5) is 0. The monoisotopic (exact) mass is 258 g/mol. The van der Waals surface area contributed by atoms with Crippen LogP contribution in [0.3, 0.4) is 0 Å². The van der Waals surface area contributed by atoms with Crippen molar-refractivity contribution in [1.29, 1.82) is 0 Å². The van der Waals surface area contributed by atoms with Crippen molar-refractivity contribution in [3.8, 4) is 0 Å². The fourth-order valence-electron chi connectivity index (χ4n) is 4.01. The molecule has 0 N–H and O–H groups in total. The molecule has 1 atom stereocenters. The molecule has 2 aliphatic rings. The summed E-state index contributed by atoms with van der Waals surface area (Å²) >= 11 is 0. The van der Waals surface area contributed by atoms with Crippen molar-refractivity contribution in [3.05, 3.63) is 47.8 Å². The summed E-state index contributed by atoms with van der Waals surface area (Å²) < 4.78 is 13.2. The van der Waals surface area contributed by atoms with Crippen molar-refractivity contribution >= 4 is 0 Å². The number of benzene rings is 1. The Morgan fingerprint density at radius 2 is 1.79 bits per heavy atom. The molecule has 1 aromatic rings. The van der Waals surface area contributed by atoms with E-state index in [0.717, 1.165) is 24.2 Å². The molecule has 19 heavy (non-hydrogen) atoms. The van der Waals surface area contributed by atoms with Gasteiger partial charge in [0.25, 0.3) is 0 Å². The summed E-state index contributed by atoms with van der Waals surface area (Å²) in [5.74, 6) is 2.38. The minimum absolute atomic E-state index is 0.0799. The van der Waals surface area contributed by atoms with Crippen LogP contribution in [0.15, 0.2) is 30.9 Å². The molecule has 1 unspecified atom stereocenters. The first-order chi connectivity index (χ1) is 9.26. The van der Waals surface area contributed by atoms with Crippen molar-refractivity contribution in [2.75, 3.05) is 0 Å². The Labute approximate surface area is 115 Å². The molecule has 0 radical (unpaired) electrons. The standard InChI is InChI=1S/C18H23F/c1-2-13-3-5-14(6-4-13)15-7-8-17-12-18(19)10-9-16(17)11-15/h2,9-10,12-15H,1,3-8,11H2. The van der Waals surface area contributed by atoms with E-state index < -0.39 is 0 Å². The van der Waals surface area contributed by atoms with Crippen molar-refractivity contribution in [2.24, 2.45) is 17.8 Å². The first-order valence-electron chi connectivity index (χ1n) is 7.66. The summed E-state index contributed by atoms with van der Waals surface area (Å²) in [5, 5.41) is 0. The van der Waals surface area contributed by atoms with E-state index in [9.17, 15) is 4.39 Å². The Balaban J connectivity index is 1.66. The molecule has 102 valence electrons. The Morgan fingerprint density at radius 3 is 2.53 bits per heavy atom. The summed E-state index contributed by atoms with van der Waals surface area (Å²) in [6, 6.07) is 5.36. The van der Waals surface area contributed by atoms with Gasteiger partial charge in [0.2, 0.25) is 0 Å². The molecule has 0 heterocycles. The first-order valence-corrected chi connectivity index (χ1v) is 7.66. The van der Waals surface area contributed by atoms with Crippen LogP contribution in [0.4, 0.5) is 4.39 Å². The normalized spacial score (nSPS) is 30.7. The number of halogens is 1. The van der Waals surface area contributed by atoms with Gasteiger partial charge in [-0.1, -0.05) is 12.1 Å². The molecule has 2 aliphatic carbocycles. The van der Waals surface area contributed by atoms with Gasteiger partial charge in [-0.25, -0.2) is 4.39 Å². The zero-order valence-corrected chi connectivity index (χ0v) is 11.6. The smallest absolute Gasteiger partial charge is 0.123 e. The number of aryl methyl sites for hydroxylation is 1. The molecule has 0 spiro atoms. The van der Waals surface area contributed by atoms with Crippen molar-refractivity contribution < 1.29 is 4.39 Å². The number of rotatable bonds is 2. The zero-order valence-electron chi connectivity index (χ0n) is 11.6. The van der Waals surface area contributed by atoms with Gasteiger partial charge < -0.3 is 0 Å². The van der Waals surface area contributed by atoms with E-state index in [0.29, 0.717) is 0 Å². The summed E-state index contributed by atoms with van der Waals surface area (Å²) in [7, 11) is 0. The number of fused-ring (bicyclic) bond motifs is 1. The minimum atomic E-state index is -0.0799. The molecule has 0 saturated heterocycles. The van der Waals surface area contributed by atoms with Gasteiger partial charge in [-0.05, 0) is 86.0 Å². The SMILES string of the molecule is C=CC1CCC(C2CCc3cc(F)ccc3C2)CC1. The molecule has 0 bridgehead atoms. The van der Waals surface area contributed by atoms with Gasteiger partial charge in [-0.3, -0.25) is 0 Å². The van der Waals surface area contributed by atoms with Crippen molar-refractivity contribution in [1.82, 2.24) is 0 Å². The lowest BCUT2D eigenvalue weighted by Crippen LogP contribution is -2.26. The van der Waals surface area contributed by atoms with Crippen LogP contribution in [-0.4, -0.2) is 0 Å². The maximum absolute atomic E-state index is 13.2. The summed E-state index contributed by atoms with van der Waals surface area (Å²) in [5.41, 5.74) is 2.64. The van der Waals surface area contributed by atoms with Crippen LogP contribution in [0, 0.1) is 23.6 Å². The van der Waals surface area contributed by atoms with E-state index in [1.165, 1.54) is 49.7 Å². The number of allylic oxidation sites excluding steroid dienone is 1. The summed E-state index contributed by atoms with van der Waals surface area (Å²) in [6.07, 6.45) is 11.0. The Hall–Kier alpha value is -1.11. The molecule has 0 aromatic heterocycles. The Kier molecular flexibility index (Phi) is 3.72. The minimum Gasteiger partial charge on any atom is -0.207 e. The van der Waals surface area contributed by atoms with E-state index in [-0.39, 0.29) is 5.82 Å². The van der Waals surface area contributed by atoms with Crippen LogP contribution in [0.5, 0.6) is 0 Å². The van der Waals surface area contributed by atoms with Crippen LogP contribution >= 0.6 is 0 Å². The van der Waals surface area contributed by atoms with Gasteiger partial charge in [-0.15, -0.1) is 6.58 Å². The zero-order chi connectivity index (χ0) is 13.2. The van der Waals surface area contributed by atoms with Gasteiger partial charge in [0, 0.05) is 0 Å². The van der Waals surface area contributed by atoms with Gasteiger partial charge in [-0.2, -0.15) is 0 Å². The van der Waals surface area contributed by atoms with E-state index >= 15 is 0 Å². The van der Waals surface area contributed by atoms with Crippen molar-refractivity contribution in [3.63, 3.8) is 0 Å². The maximum Gasteiger partial charge on any atom is 0.123 e. The topological polar surface area (TPSA) is 0 Å². The lowest BCUT2D eigenvalue weighted by Gasteiger charge is -2.35. The first kappa shape index (κ1) is 12.9. The Morgan fingerprint density at radius 1 is 1.00 bits per heavy atom. The predicted octanol–water partition coefficient (Wildman–Crippen LogP) is 4.92. The highest BCUT2D eigenvalue weighted by Gasteiger charge is 2.29. The molecule has 1 fully saturated rings. The molecule has 1 heteroatoms. The quantitative estimate of drug-likeness (QED) is 0.660. The largest absolute Gasteiger partial charge is 0.207 e. The highest BCUT2D eigenvalue weighted by atomic mass is 19.1. The second kappa shape index (κ2) is 5.48. The molecule has 0 aliphatic heterocycles. The van der Waals surface area contributed by atoms with Crippen LogP contribution in [-0.2, 0) is 12.8 Å². The molecular weight excluding hydrogens is 235 g/mol. The lowest BCUT2D eigenvalue weighted by atomic mass is 9.70. The van der Waals surface area contributed by atoms with Crippen molar-refractivity contribution in [2.45, 2.75) is 44.9 Å². The predicted molar refractivity (Wildman–Crippen MR) is 77.6 cm³/mol. The third-order valence-electron chi connectivity index (χ3n) is 5.25. The highest BCUT2D eigenvalue weighted by Crippen LogP contribution is 2.39. The second-order valence-corrected chi connectivity index (χ2v) is 6.33. The van der Waals surface area contributed by atoms with Gasteiger partial charge in [0.05, 0.1) is 0 Å². The van der Waals surface area contributed by atoms with E-state index in [1.54, 1.807) is 12.1 Å². The molecule has 1 saturated carbocycles. The summed E-state index contributed by atoms with van der Waals surface area (Å²) in [6.45, 7) is 3.92. The van der Waals surface area contributed by atoms with Gasteiger partial charge in [0.1, 0.15) is 5.82 Å². The molecule has 1 aromatic carbocycles. The fourth-order valence-corrected chi connectivity index (χ4v) is 4.01. The fraction of sp³-hybridized carbons (Fsp3) is 0.556. The lowest BCUT2D eigenvalue weighted by molar-refractivity contribution is 0.206. The molecule has 3 rings (SSSR count). The molecule has 0 amide bonds. The molecular formula is C18H23F. The second-order valence-electron chi connectivity index (χ2n) is 6.33. The third kappa shape index (κ3) is 2.75. The maximum atomic E-state index is 13.2. The van der Waals surface area contributed by atoms with Gasteiger partial charge >= 0.3 is 0 Å². The van der Waals surface area contributed by atoms with Gasteiger partial charge in [0.15, 0.2) is 0 Å².